The molecule has 0 heterocycles. The van der Waals surface area contributed by atoms with Crippen molar-refractivity contribution < 1.29 is 27.4 Å². The lowest BCUT2D eigenvalue weighted by atomic mass is 10.7. The van der Waals surface area contributed by atoms with Gasteiger partial charge in [0.25, 0.3) is 0 Å². The fourth-order valence-electron chi connectivity index (χ4n) is 0. The topological polar surface area (TPSA) is 243 Å². The highest BCUT2D eigenvalue weighted by Crippen LogP contribution is 1.59. The Bertz CT molecular complexity index is 181. The number of rotatable bonds is 1. The molecule has 0 aliphatic heterocycles. The van der Waals surface area contributed by atoms with Crippen LogP contribution >= 0.6 is 0 Å². The van der Waals surface area contributed by atoms with E-state index in [4.69, 9.17) is 22.6 Å². The predicted octanol–water partition coefficient (Wildman–Crippen LogP) is -1.14. The van der Waals surface area contributed by atoms with Crippen molar-refractivity contribution in [1.29, 1.82) is 0 Å². The van der Waals surface area contributed by atoms with Crippen molar-refractivity contribution in [3.8, 4) is 0 Å². The van der Waals surface area contributed by atoms with E-state index in [1.165, 1.54) is 0 Å². The first-order valence-corrected chi connectivity index (χ1v) is 3.28. The summed E-state index contributed by atoms with van der Waals surface area (Å²) in [6.07, 6.45) is 0. The molecule has 10 nitrogen and oxygen atoms in total. The average Bonchev–Trinajstić information content (AvgIpc) is 1.61. The maximum atomic E-state index is 9.24. The van der Waals surface area contributed by atoms with Crippen LogP contribution in [-0.2, 0) is 15.2 Å². The van der Waals surface area contributed by atoms with E-state index in [0.717, 1.165) is 0 Å². The molecule has 0 bridgehead atoms. The highest BCUT2D eigenvalue weighted by molar-refractivity contribution is 7.79. The van der Waals surface area contributed by atoms with E-state index in [0.29, 0.717) is 0 Å². The molecule has 0 saturated carbocycles. The minimum Gasteiger partial charge on any atom is -0.480 e. The van der Waals surface area contributed by atoms with E-state index in [1.807, 2.05) is 0 Å². The van der Waals surface area contributed by atoms with Gasteiger partial charge in [-0.25, -0.2) is 0 Å². The minimum atomic E-state index is -4.67. The van der Waals surface area contributed by atoms with Crippen molar-refractivity contribution in [3.05, 3.63) is 0 Å². The zero-order valence-corrected chi connectivity index (χ0v) is 7.70. The van der Waals surface area contributed by atoms with Crippen molar-refractivity contribution >= 4 is 16.4 Å². The molecule has 86 valence electrons. The molecule has 0 unspecified atom stereocenters. The molecule has 0 aliphatic carbocycles. The third-order valence-corrected chi connectivity index (χ3v) is 0.175. The lowest BCUT2D eigenvalue weighted by Crippen LogP contribution is -2.10. The van der Waals surface area contributed by atoms with E-state index in [-0.39, 0.29) is 25.0 Å². The number of carboxylic acid groups (broad SMARTS) is 1. The zero-order chi connectivity index (χ0) is 8.78. The van der Waals surface area contributed by atoms with Crippen molar-refractivity contribution in [3.63, 3.8) is 0 Å². The second-order valence-corrected chi connectivity index (χ2v) is 1.94. The molecule has 0 aromatic rings. The molecule has 13 heavy (non-hydrogen) atoms. The number of carbonyl (C=O) groups is 1. The Labute approximate surface area is 75.4 Å². The second kappa shape index (κ2) is 13.7. The molecule has 11 heteroatoms. The Morgan fingerprint density at radius 1 is 1.15 bits per heavy atom. The van der Waals surface area contributed by atoms with Crippen LogP contribution in [0, 0.1) is 0 Å². The monoisotopic (exact) mass is 224 g/mol. The summed E-state index contributed by atoms with van der Waals surface area (Å²) in [6.45, 7) is -0.278. The highest BCUT2D eigenvalue weighted by atomic mass is 32.3. The Hall–Kier alpha value is -0.820. The third kappa shape index (κ3) is 677. The third-order valence-electron chi connectivity index (χ3n) is 0.175. The van der Waals surface area contributed by atoms with Crippen LogP contribution in [0.15, 0.2) is 0 Å². The fraction of sp³-hybridized carbons (Fsp3) is 0.500. The summed E-state index contributed by atoms with van der Waals surface area (Å²) in [7, 11) is -4.67. The molecular formula is C2H16N4O6S. The van der Waals surface area contributed by atoms with Crippen LogP contribution in [-0.4, -0.2) is 35.1 Å². The SMILES string of the molecule is N.N.N.NCC(=O)O.O=S(=O)(O)O. The summed E-state index contributed by atoms with van der Waals surface area (Å²) in [5, 5.41) is 7.60. The van der Waals surface area contributed by atoms with E-state index in [9.17, 15) is 4.79 Å². The molecule has 0 fully saturated rings. The maximum absolute atomic E-state index is 9.24. The maximum Gasteiger partial charge on any atom is 0.394 e. The van der Waals surface area contributed by atoms with Gasteiger partial charge >= 0.3 is 16.4 Å². The van der Waals surface area contributed by atoms with Crippen LogP contribution in [0.2, 0.25) is 0 Å². The number of nitrogens with two attached hydrogens (primary N) is 1. The summed E-state index contributed by atoms with van der Waals surface area (Å²) in [5.41, 5.74) is 4.57. The molecule has 0 saturated heterocycles. The van der Waals surface area contributed by atoms with E-state index in [1.54, 1.807) is 0 Å². The number of aliphatic carboxylic acids is 1. The first-order chi connectivity index (χ1) is 4.27. The molecule has 0 amide bonds. The van der Waals surface area contributed by atoms with Gasteiger partial charge in [-0.2, -0.15) is 8.42 Å². The summed E-state index contributed by atoms with van der Waals surface area (Å²) in [4.78, 5) is 9.24. The van der Waals surface area contributed by atoms with Crippen LogP contribution in [0.25, 0.3) is 0 Å². The largest absolute Gasteiger partial charge is 0.480 e. The molecule has 0 rings (SSSR count). The van der Waals surface area contributed by atoms with Crippen molar-refractivity contribution in [2.45, 2.75) is 0 Å². The second-order valence-electron chi connectivity index (χ2n) is 1.05. The van der Waals surface area contributed by atoms with Gasteiger partial charge in [-0.1, -0.05) is 0 Å². The van der Waals surface area contributed by atoms with Gasteiger partial charge in [0.1, 0.15) is 0 Å². The van der Waals surface area contributed by atoms with E-state index in [2.05, 4.69) is 5.73 Å². The summed E-state index contributed by atoms with van der Waals surface area (Å²) in [5.74, 6) is -0.968. The molecular weight excluding hydrogens is 208 g/mol. The van der Waals surface area contributed by atoms with Gasteiger partial charge in [0.15, 0.2) is 0 Å². The van der Waals surface area contributed by atoms with E-state index < -0.39 is 16.4 Å². The minimum absolute atomic E-state index is 0. The van der Waals surface area contributed by atoms with Gasteiger partial charge in [-0.3, -0.25) is 13.9 Å². The molecule has 0 aromatic heterocycles. The van der Waals surface area contributed by atoms with Crippen LogP contribution in [0.3, 0.4) is 0 Å². The Morgan fingerprint density at radius 2 is 1.23 bits per heavy atom. The number of carboxylic acids is 1. The average molecular weight is 224 g/mol. The zero-order valence-electron chi connectivity index (χ0n) is 6.88. The first kappa shape index (κ1) is 29.5. The fourth-order valence-corrected chi connectivity index (χ4v) is 0. The molecule has 0 radical (unpaired) electrons. The lowest BCUT2D eigenvalue weighted by molar-refractivity contribution is -0.135. The Morgan fingerprint density at radius 3 is 1.23 bits per heavy atom. The highest BCUT2D eigenvalue weighted by Gasteiger charge is 1.84. The molecule has 0 aliphatic rings. The normalized spacial score (nSPS) is 7.31. The summed E-state index contributed by atoms with van der Waals surface area (Å²) in [6, 6.07) is 0. The van der Waals surface area contributed by atoms with Crippen LogP contribution in [0.5, 0.6) is 0 Å². The Kier molecular flexibility index (Phi) is 31.2. The lowest BCUT2D eigenvalue weighted by Gasteiger charge is -1.73. The van der Waals surface area contributed by atoms with Gasteiger partial charge in [0.2, 0.25) is 0 Å². The van der Waals surface area contributed by atoms with E-state index >= 15 is 0 Å². The molecule has 0 spiro atoms. The smallest absolute Gasteiger partial charge is 0.394 e. The summed E-state index contributed by atoms with van der Waals surface area (Å²) < 4.78 is 31.6. The van der Waals surface area contributed by atoms with Gasteiger partial charge < -0.3 is 29.3 Å². The number of hydrogen-bond donors (Lipinski definition) is 7. The Balaban J connectivity index is -0.0000000267. The van der Waals surface area contributed by atoms with Gasteiger partial charge in [0.05, 0.1) is 6.54 Å². The standard InChI is InChI=1S/C2H5NO2.3H3N.H2O4S/c3-1-2(4)5;;;;1-5(2,3)4/h1,3H2,(H,4,5);3*1H3;(H2,1,2,3,4). The van der Waals surface area contributed by atoms with Crippen LogP contribution in [0.1, 0.15) is 0 Å². The predicted molar refractivity (Wildman–Crippen MR) is 45.9 cm³/mol. The van der Waals surface area contributed by atoms with Gasteiger partial charge in [-0.15, -0.1) is 0 Å². The molecule has 0 aromatic carbocycles. The number of hydrogen-bond acceptors (Lipinski definition) is 7. The van der Waals surface area contributed by atoms with Gasteiger partial charge in [0, 0.05) is 0 Å². The summed E-state index contributed by atoms with van der Waals surface area (Å²) >= 11 is 0. The quantitative estimate of drug-likeness (QED) is 0.264. The molecule has 0 atom stereocenters. The van der Waals surface area contributed by atoms with Crippen molar-refractivity contribution in [2.24, 2.45) is 5.73 Å². The molecule has 14 N–H and O–H groups in total. The van der Waals surface area contributed by atoms with Gasteiger partial charge in [-0.05, 0) is 0 Å². The van der Waals surface area contributed by atoms with Crippen LogP contribution in [0.4, 0.5) is 0 Å². The van der Waals surface area contributed by atoms with Crippen molar-refractivity contribution in [2.75, 3.05) is 6.54 Å². The van der Waals surface area contributed by atoms with Crippen LogP contribution < -0.4 is 24.2 Å². The first-order valence-electron chi connectivity index (χ1n) is 1.89. The van der Waals surface area contributed by atoms with Crippen molar-refractivity contribution in [1.82, 2.24) is 18.5 Å².